The maximum atomic E-state index is 12.0. The van der Waals surface area contributed by atoms with Gasteiger partial charge in [-0.25, -0.2) is 4.79 Å². The van der Waals surface area contributed by atoms with E-state index in [9.17, 15) is 9.59 Å². The highest BCUT2D eigenvalue weighted by molar-refractivity contribution is 5.93. The van der Waals surface area contributed by atoms with Crippen molar-refractivity contribution in [2.75, 3.05) is 18.5 Å². The van der Waals surface area contributed by atoms with Gasteiger partial charge in [-0.2, -0.15) is 0 Å². The average Bonchev–Trinajstić information content (AvgIpc) is 2.49. The Kier molecular flexibility index (Phi) is 5.75. The Morgan fingerprint density at radius 3 is 2.67 bits per heavy atom. The number of carbonyl (C=O) groups is 2. The van der Waals surface area contributed by atoms with Crippen molar-refractivity contribution in [2.45, 2.75) is 38.6 Å². The largest absolute Gasteiger partial charge is 0.462 e. The molecule has 1 heterocycles. The Balaban J connectivity index is 1.84. The summed E-state index contributed by atoms with van der Waals surface area (Å²) in [6.45, 7) is 3.11. The van der Waals surface area contributed by atoms with Crippen LogP contribution in [0.5, 0.6) is 0 Å². The van der Waals surface area contributed by atoms with E-state index >= 15 is 0 Å². The van der Waals surface area contributed by atoms with E-state index in [2.05, 4.69) is 10.6 Å². The van der Waals surface area contributed by atoms with Gasteiger partial charge in [-0.05, 0) is 50.6 Å². The molecule has 21 heavy (non-hydrogen) atoms. The third kappa shape index (κ3) is 4.86. The Morgan fingerprint density at radius 1 is 1.29 bits per heavy atom. The minimum absolute atomic E-state index is 0.00159. The van der Waals surface area contributed by atoms with E-state index in [1.807, 2.05) is 0 Å². The molecule has 5 nitrogen and oxygen atoms in total. The number of amides is 1. The highest BCUT2D eigenvalue weighted by Gasteiger charge is 2.16. The van der Waals surface area contributed by atoms with Crippen molar-refractivity contribution in [1.29, 1.82) is 0 Å². The number of ether oxygens (including phenoxy) is 1. The first kappa shape index (κ1) is 15.5. The van der Waals surface area contributed by atoms with Gasteiger partial charge in [0.25, 0.3) is 0 Å². The van der Waals surface area contributed by atoms with Crippen molar-refractivity contribution in [3.8, 4) is 0 Å². The summed E-state index contributed by atoms with van der Waals surface area (Å²) in [5.74, 6) is -0.347. The topological polar surface area (TPSA) is 67.4 Å². The molecule has 1 aromatic rings. The van der Waals surface area contributed by atoms with Crippen molar-refractivity contribution in [3.05, 3.63) is 29.8 Å². The van der Waals surface area contributed by atoms with Crippen molar-refractivity contribution >= 4 is 17.6 Å². The van der Waals surface area contributed by atoms with Crippen LogP contribution >= 0.6 is 0 Å². The molecule has 0 radical (unpaired) electrons. The first-order valence-corrected chi connectivity index (χ1v) is 7.49. The van der Waals surface area contributed by atoms with Gasteiger partial charge in [0.1, 0.15) is 0 Å². The van der Waals surface area contributed by atoms with Crippen LogP contribution in [0.25, 0.3) is 0 Å². The fourth-order valence-corrected chi connectivity index (χ4v) is 2.44. The first-order chi connectivity index (χ1) is 10.2. The second kappa shape index (κ2) is 7.78. The number of rotatable bonds is 5. The van der Waals surface area contributed by atoms with Crippen LogP contribution in [0.2, 0.25) is 0 Å². The molecule has 0 saturated carbocycles. The number of piperidine rings is 1. The summed E-state index contributed by atoms with van der Waals surface area (Å²) in [5.41, 5.74) is 1.19. The lowest BCUT2D eigenvalue weighted by Crippen LogP contribution is -2.36. The summed E-state index contributed by atoms with van der Waals surface area (Å²) in [7, 11) is 0. The molecule has 5 heteroatoms. The van der Waals surface area contributed by atoms with E-state index < -0.39 is 0 Å². The standard InChI is InChI=1S/C16H22N2O3/c1-2-21-16(20)12-6-8-13(9-7-12)18-15(19)11-14-5-3-4-10-17-14/h6-9,14,17H,2-5,10-11H2,1H3,(H,18,19). The maximum absolute atomic E-state index is 12.0. The third-order valence-corrected chi connectivity index (χ3v) is 3.52. The quantitative estimate of drug-likeness (QED) is 0.817. The number of hydrogen-bond donors (Lipinski definition) is 2. The minimum Gasteiger partial charge on any atom is -0.462 e. The van der Waals surface area contributed by atoms with Gasteiger partial charge < -0.3 is 15.4 Å². The summed E-state index contributed by atoms with van der Waals surface area (Å²) in [5, 5.41) is 6.21. The normalized spacial score (nSPS) is 18.0. The number of anilines is 1. The maximum Gasteiger partial charge on any atom is 0.338 e. The lowest BCUT2D eigenvalue weighted by molar-refractivity contribution is -0.116. The molecule has 1 saturated heterocycles. The van der Waals surface area contributed by atoms with Crippen LogP contribution in [-0.2, 0) is 9.53 Å². The minimum atomic E-state index is -0.346. The number of hydrogen-bond acceptors (Lipinski definition) is 4. The van der Waals surface area contributed by atoms with Gasteiger partial charge in [-0.15, -0.1) is 0 Å². The summed E-state index contributed by atoms with van der Waals surface area (Å²) < 4.78 is 4.91. The number of esters is 1. The predicted molar refractivity (Wildman–Crippen MR) is 81.3 cm³/mol. The predicted octanol–water partition coefficient (Wildman–Crippen LogP) is 2.33. The fraction of sp³-hybridized carbons (Fsp3) is 0.500. The van der Waals surface area contributed by atoms with Gasteiger partial charge >= 0.3 is 5.97 Å². The molecule has 114 valence electrons. The van der Waals surface area contributed by atoms with Gasteiger partial charge in [0.05, 0.1) is 12.2 Å². The molecule has 0 bridgehead atoms. The van der Waals surface area contributed by atoms with Crippen molar-refractivity contribution in [3.63, 3.8) is 0 Å². The summed E-state index contributed by atoms with van der Waals surface area (Å²) in [4.78, 5) is 23.5. The van der Waals surface area contributed by atoms with E-state index in [1.165, 1.54) is 12.8 Å². The molecule has 1 aliphatic heterocycles. The smallest absolute Gasteiger partial charge is 0.338 e. The van der Waals surface area contributed by atoms with Crippen LogP contribution in [0.4, 0.5) is 5.69 Å². The summed E-state index contributed by atoms with van der Waals surface area (Å²) in [6, 6.07) is 7.04. The van der Waals surface area contributed by atoms with Gasteiger partial charge in [-0.3, -0.25) is 4.79 Å². The van der Waals surface area contributed by atoms with Gasteiger partial charge in [0.15, 0.2) is 0 Å². The van der Waals surface area contributed by atoms with E-state index in [1.54, 1.807) is 31.2 Å². The lowest BCUT2D eigenvalue weighted by Gasteiger charge is -2.22. The molecule has 2 N–H and O–H groups in total. The second-order valence-electron chi connectivity index (χ2n) is 5.20. The molecule has 0 aliphatic carbocycles. The molecule has 1 fully saturated rings. The van der Waals surface area contributed by atoms with Crippen LogP contribution < -0.4 is 10.6 Å². The molecular weight excluding hydrogens is 268 g/mol. The Morgan fingerprint density at radius 2 is 2.05 bits per heavy atom. The molecule has 1 aliphatic rings. The summed E-state index contributed by atoms with van der Waals surface area (Å²) >= 11 is 0. The van der Waals surface area contributed by atoms with Crippen LogP contribution in [0, 0.1) is 0 Å². The highest BCUT2D eigenvalue weighted by Crippen LogP contribution is 2.14. The molecule has 1 unspecified atom stereocenters. The van der Waals surface area contributed by atoms with E-state index in [4.69, 9.17) is 4.74 Å². The van der Waals surface area contributed by atoms with E-state index in [0.29, 0.717) is 24.3 Å². The third-order valence-electron chi connectivity index (χ3n) is 3.52. The lowest BCUT2D eigenvalue weighted by atomic mass is 10.0. The van der Waals surface area contributed by atoms with Gasteiger partial charge in [0.2, 0.25) is 5.91 Å². The SMILES string of the molecule is CCOC(=O)c1ccc(NC(=O)CC2CCCCN2)cc1. The Labute approximate surface area is 125 Å². The fourth-order valence-electron chi connectivity index (χ4n) is 2.44. The van der Waals surface area contributed by atoms with Crippen LogP contribution in [0.3, 0.4) is 0 Å². The average molecular weight is 290 g/mol. The molecule has 2 rings (SSSR count). The van der Waals surface area contributed by atoms with E-state index in [0.717, 1.165) is 13.0 Å². The summed E-state index contributed by atoms with van der Waals surface area (Å²) in [6.07, 6.45) is 3.90. The van der Waals surface area contributed by atoms with Crippen LogP contribution in [0.1, 0.15) is 43.0 Å². The van der Waals surface area contributed by atoms with Crippen molar-refractivity contribution in [1.82, 2.24) is 5.32 Å². The first-order valence-electron chi connectivity index (χ1n) is 7.49. The van der Waals surface area contributed by atoms with Crippen LogP contribution in [0.15, 0.2) is 24.3 Å². The van der Waals surface area contributed by atoms with Gasteiger partial charge in [-0.1, -0.05) is 6.42 Å². The number of carbonyl (C=O) groups excluding carboxylic acids is 2. The van der Waals surface area contributed by atoms with Crippen LogP contribution in [-0.4, -0.2) is 31.1 Å². The molecule has 1 amide bonds. The zero-order valence-corrected chi connectivity index (χ0v) is 12.4. The molecule has 1 atom stereocenters. The highest BCUT2D eigenvalue weighted by atomic mass is 16.5. The zero-order valence-electron chi connectivity index (χ0n) is 12.4. The molecule has 0 spiro atoms. The number of benzene rings is 1. The zero-order chi connectivity index (χ0) is 15.1. The molecular formula is C16H22N2O3. The molecule has 1 aromatic carbocycles. The Bertz CT molecular complexity index is 479. The van der Waals surface area contributed by atoms with Gasteiger partial charge in [0, 0.05) is 18.2 Å². The monoisotopic (exact) mass is 290 g/mol. The second-order valence-corrected chi connectivity index (χ2v) is 5.20. The Hall–Kier alpha value is -1.88. The number of nitrogens with one attached hydrogen (secondary N) is 2. The van der Waals surface area contributed by atoms with Crippen molar-refractivity contribution in [2.24, 2.45) is 0 Å². The van der Waals surface area contributed by atoms with E-state index in [-0.39, 0.29) is 17.9 Å². The molecule has 0 aromatic heterocycles. The van der Waals surface area contributed by atoms with Crippen molar-refractivity contribution < 1.29 is 14.3 Å².